The second-order valence-corrected chi connectivity index (χ2v) is 6.41. The number of thioether (sulfide) groups is 1. The highest BCUT2D eigenvalue weighted by Crippen LogP contribution is 2.42. The van der Waals surface area contributed by atoms with Crippen molar-refractivity contribution in [1.82, 2.24) is 9.97 Å². The molecule has 1 saturated carbocycles. The van der Waals surface area contributed by atoms with E-state index in [1.54, 1.807) is 6.33 Å². The molecular formula is C12H15N3S. The van der Waals surface area contributed by atoms with Crippen LogP contribution in [0.3, 0.4) is 0 Å². The highest BCUT2D eigenvalue weighted by atomic mass is 32.2. The molecule has 0 amide bonds. The molecule has 0 spiro atoms. The zero-order valence-corrected chi connectivity index (χ0v) is 9.99. The molecule has 3 heterocycles. The van der Waals surface area contributed by atoms with Crippen molar-refractivity contribution < 1.29 is 0 Å². The van der Waals surface area contributed by atoms with Crippen LogP contribution in [0.1, 0.15) is 30.9 Å². The van der Waals surface area contributed by atoms with E-state index in [1.165, 1.54) is 43.1 Å². The maximum atomic E-state index is 4.46. The molecule has 84 valence electrons. The average molecular weight is 233 g/mol. The predicted octanol–water partition coefficient (Wildman–Crippen LogP) is 2.05. The predicted molar refractivity (Wildman–Crippen MR) is 66.0 cm³/mol. The zero-order chi connectivity index (χ0) is 10.5. The molecule has 1 aromatic rings. The Morgan fingerprint density at radius 1 is 1.31 bits per heavy atom. The van der Waals surface area contributed by atoms with Crippen molar-refractivity contribution in [2.24, 2.45) is 0 Å². The first kappa shape index (κ1) is 9.28. The fourth-order valence-corrected chi connectivity index (χ4v) is 4.24. The van der Waals surface area contributed by atoms with Crippen molar-refractivity contribution in [3.05, 3.63) is 18.1 Å². The maximum absolute atomic E-state index is 4.46. The molecule has 16 heavy (non-hydrogen) atoms. The second kappa shape index (κ2) is 3.36. The number of hydrogen-bond acceptors (Lipinski definition) is 4. The van der Waals surface area contributed by atoms with Crippen LogP contribution in [-0.4, -0.2) is 33.6 Å². The lowest BCUT2D eigenvalue weighted by Gasteiger charge is -2.27. The van der Waals surface area contributed by atoms with Crippen LogP contribution in [0.5, 0.6) is 0 Å². The van der Waals surface area contributed by atoms with Gasteiger partial charge in [-0.15, -0.1) is 0 Å². The highest BCUT2D eigenvalue weighted by Gasteiger charge is 2.39. The van der Waals surface area contributed by atoms with Crippen molar-refractivity contribution in [1.29, 1.82) is 0 Å². The fourth-order valence-electron chi connectivity index (χ4n) is 2.80. The number of rotatable bonds is 2. The minimum Gasteiger partial charge on any atom is -0.352 e. The largest absolute Gasteiger partial charge is 0.352 e. The van der Waals surface area contributed by atoms with E-state index >= 15 is 0 Å². The summed E-state index contributed by atoms with van der Waals surface area (Å²) < 4.78 is 0. The molecule has 1 aliphatic carbocycles. The lowest BCUT2D eigenvalue weighted by Crippen LogP contribution is -2.34. The summed E-state index contributed by atoms with van der Waals surface area (Å²) in [6.45, 7) is 1.19. The third-order valence-electron chi connectivity index (χ3n) is 3.86. The SMILES string of the molecule is c1nc(C2CC2)cc(N2CC3CC2CS3)n1. The van der Waals surface area contributed by atoms with Crippen molar-refractivity contribution in [2.75, 3.05) is 17.2 Å². The summed E-state index contributed by atoms with van der Waals surface area (Å²) in [7, 11) is 0. The molecule has 1 aromatic heterocycles. The second-order valence-electron chi connectivity index (χ2n) is 5.07. The van der Waals surface area contributed by atoms with E-state index < -0.39 is 0 Å². The van der Waals surface area contributed by atoms with E-state index in [1.807, 2.05) is 0 Å². The molecule has 2 saturated heterocycles. The zero-order valence-electron chi connectivity index (χ0n) is 9.17. The molecule has 2 atom stereocenters. The molecule has 4 rings (SSSR count). The Morgan fingerprint density at radius 3 is 2.94 bits per heavy atom. The van der Waals surface area contributed by atoms with Gasteiger partial charge in [-0.1, -0.05) is 0 Å². The van der Waals surface area contributed by atoms with Crippen LogP contribution in [-0.2, 0) is 0 Å². The van der Waals surface area contributed by atoms with Gasteiger partial charge in [0.25, 0.3) is 0 Å². The van der Waals surface area contributed by atoms with Crippen LogP contribution in [0.4, 0.5) is 5.82 Å². The molecule has 3 aliphatic rings. The van der Waals surface area contributed by atoms with Crippen molar-refractivity contribution >= 4 is 17.6 Å². The smallest absolute Gasteiger partial charge is 0.132 e. The van der Waals surface area contributed by atoms with E-state index in [-0.39, 0.29) is 0 Å². The third-order valence-corrected chi connectivity index (χ3v) is 5.25. The number of aromatic nitrogens is 2. The molecule has 2 aliphatic heterocycles. The van der Waals surface area contributed by atoms with Gasteiger partial charge in [-0.2, -0.15) is 11.8 Å². The maximum Gasteiger partial charge on any atom is 0.132 e. The first-order valence-corrected chi connectivity index (χ1v) is 7.15. The lowest BCUT2D eigenvalue weighted by molar-refractivity contribution is 0.748. The summed E-state index contributed by atoms with van der Waals surface area (Å²) in [6.07, 6.45) is 5.74. The Morgan fingerprint density at radius 2 is 2.25 bits per heavy atom. The highest BCUT2D eigenvalue weighted by molar-refractivity contribution is 8.00. The first-order chi connectivity index (χ1) is 7.90. The molecule has 2 bridgehead atoms. The Kier molecular flexibility index (Phi) is 1.95. The lowest BCUT2D eigenvalue weighted by atomic mass is 10.2. The van der Waals surface area contributed by atoms with Crippen molar-refractivity contribution in [3.8, 4) is 0 Å². The Hall–Kier alpha value is -0.770. The van der Waals surface area contributed by atoms with Crippen LogP contribution in [0.25, 0.3) is 0 Å². The number of nitrogens with zero attached hydrogens (tertiary/aromatic N) is 3. The van der Waals surface area contributed by atoms with E-state index in [9.17, 15) is 0 Å². The fraction of sp³-hybridized carbons (Fsp3) is 0.667. The van der Waals surface area contributed by atoms with Crippen LogP contribution in [0.2, 0.25) is 0 Å². The number of fused-ring (bicyclic) bond motifs is 2. The Labute approximate surface area is 99.7 Å². The van der Waals surface area contributed by atoms with Gasteiger partial charge >= 0.3 is 0 Å². The summed E-state index contributed by atoms with van der Waals surface area (Å²) >= 11 is 2.13. The van der Waals surface area contributed by atoms with Gasteiger partial charge in [-0.3, -0.25) is 0 Å². The van der Waals surface area contributed by atoms with Crippen LogP contribution in [0, 0.1) is 0 Å². The molecular weight excluding hydrogens is 218 g/mol. The van der Waals surface area contributed by atoms with E-state index in [2.05, 4.69) is 32.7 Å². The molecule has 0 radical (unpaired) electrons. The summed E-state index contributed by atoms with van der Waals surface area (Å²) in [6, 6.07) is 2.96. The standard InChI is InChI=1S/C12H15N3S/c1-2-8(1)11-4-12(14-7-13-11)15-5-10-3-9(15)6-16-10/h4,7-10H,1-3,5-6H2. The van der Waals surface area contributed by atoms with Gasteiger partial charge in [-0.25, -0.2) is 9.97 Å². The summed E-state index contributed by atoms with van der Waals surface area (Å²) in [5.74, 6) is 3.19. The molecule has 3 nitrogen and oxygen atoms in total. The van der Waals surface area contributed by atoms with Crippen LogP contribution >= 0.6 is 11.8 Å². The van der Waals surface area contributed by atoms with Gasteiger partial charge in [0.15, 0.2) is 0 Å². The van der Waals surface area contributed by atoms with Crippen LogP contribution in [0.15, 0.2) is 12.4 Å². The van der Waals surface area contributed by atoms with E-state index in [0.29, 0.717) is 0 Å². The summed E-state index contributed by atoms with van der Waals surface area (Å²) in [5, 5.41) is 0.851. The van der Waals surface area contributed by atoms with Crippen molar-refractivity contribution in [2.45, 2.75) is 36.5 Å². The Balaban J connectivity index is 1.64. The average Bonchev–Trinajstić information content (AvgIpc) is 2.98. The molecule has 2 unspecified atom stereocenters. The van der Waals surface area contributed by atoms with Gasteiger partial charge in [0, 0.05) is 41.3 Å². The molecule has 4 heteroatoms. The van der Waals surface area contributed by atoms with E-state index in [4.69, 9.17) is 0 Å². The molecule has 3 fully saturated rings. The minimum atomic E-state index is 0.732. The number of hydrogen-bond donors (Lipinski definition) is 0. The first-order valence-electron chi connectivity index (χ1n) is 6.10. The normalized spacial score (nSPS) is 32.4. The van der Waals surface area contributed by atoms with Crippen LogP contribution < -0.4 is 4.90 Å². The third kappa shape index (κ3) is 1.43. The monoisotopic (exact) mass is 233 g/mol. The summed E-state index contributed by atoms with van der Waals surface area (Å²) in [5.41, 5.74) is 1.26. The molecule has 0 N–H and O–H groups in total. The summed E-state index contributed by atoms with van der Waals surface area (Å²) in [4.78, 5) is 11.3. The Bertz CT molecular complexity index is 418. The van der Waals surface area contributed by atoms with Gasteiger partial charge < -0.3 is 4.90 Å². The van der Waals surface area contributed by atoms with Gasteiger partial charge in [0.2, 0.25) is 0 Å². The van der Waals surface area contributed by atoms with Gasteiger partial charge in [0.1, 0.15) is 12.1 Å². The number of anilines is 1. The quantitative estimate of drug-likeness (QED) is 0.782. The molecule has 0 aromatic carbocycles. The van der Waals surface area contributed by atoms with Crippen molar-refractivity contribution in [3.63, 3.8) is 0 Å². The van der Waals surface area contributed by atoms with E-state index in [0.717, 1.165) is 17.2 Å². The minimum absolute atomic E-state index is 0.732. The van der Waals surface area contributed by atoms with Gasteiger partial charge in [-0.05, 0) is 19.3 Å². The van der Waals surface area contributed by atoms with Gasteiger partial charge in [0.05, 0.1) is 0 Å². The topological polar surface area (TPSA) is 29.0 Å².